The van der Waals surface area contributed by atoms with E-state index in [9.17, 15) is 4.79 Å². The van der Waals surface area contributed by atoms with Gasteiger partial charge < -0.3 is 10.1 Å². The van der Waals surface area contributed by atoms with Crippen LogP contribution in [-0.2, 0) is 4.79 Å². The predicted octanol–water partition coefficient (Wildman–Crippen LogP) is 1.72. The Morgan fingerprint density at radius 1 is 1.21 bits per heavy atom. The quantitative estimate of drug-likeness (QED) is 0.719. The summed E-state index contributed by atoms with van der Waals surface area (Å²) >= 11 is 0. The molecule has 0 aliphatic rings. The summed E-state index contributed by atoms with van der Waals surface area (Å²) in [5.41, 5.74) is 0.886. The molecule has 8 nitrogen and oxygen atoms in total. The van der Waals surface area contributed by atoms with Gasteiger partial charge in [-0.1, -0.05) is 12.1 Å². The maximum atomic E-state index is 12.0. The van der Waals surface area contributed by atoms with E-state index in [0.29, 0.717) is 11.6 Å². The van der Waals surface area contributed by atoms with Crippen molar-refractivity contribution in [3.05, 3.63) is 61.0 Å². The van der Waals surface area contributed by atoms with Crippen molar-refractivity contribution in [2.45, 2.75) is 0 Å². The van der Waals surface area contributed by atoms with E-state index in [1.54, 1.807) is 19.3 Å². The molecule has 1 aromatic carbocycles. The summed E-state index contributed by atoms with van der Waals surface area (Å²) in [4.78, 5) is 23.9. The van der Waals surface area contributed by atoms with Crippen LogP contribution in [0.3, 0.4) is 0 Å². The molecule has 120 valence electrons. The molecule has 0 unspecified atom stereocenters. The van der Waals surface area contributed by atoms with Crippen LogP contribution in [0.2, 0.25) is 0 Å². The molecule has 2 aromatic heterocycles. The summed E-state index contributed by atoms with van der Waals surface area (Å²) < 4.78 is 6.56. The second-order valence-electron chi connectivity index (χ2n) is 4.70. The molecule has 0 radical (unpaired) electrons. The van der Waals surface area contributed by atoms with Gasteiger partial charge in [0.1, 0.15) is 30.5 Å². The number of benzene rings is 1. The lowest BCUT2D eigenvalue weighted by Crippen LogP contribution is -2.10. The van der Waals surface area contributed by atoms with Crippen LogP contribution < -0.4 is 10.1 Å². The zero-order chi connectivity index (χ0) is 16.8. The number of nitrogens with zero attached hydrogens (tertiary/aromatic N) is 5. The Labute approximate surface area is 137 Å². The van der Waals surface area contributed by atoms with E-state index < -0.39 is 0 Å². The summed E-state index contributed by atoms with van der Waals surface area (Å²) in [6, 6.07) is 8.97. The minimum Gasteiger partial charge on any atom is -0.497 e. The summed E-state index contributed by atoms with van der Waals surface area (Å²) in [7, 11) is 1.60. The van der Waals surface area contributed by atoms with Crippen molar-refractivity contribution < 1.29 is 9.53 Å². The van der Waals surface area contributed by atoms with Crippen molar-refractivity contribution in [3.63, 3.8) is 0 Å². The third-order valence-corrected chi connectivity index (χ3v) is 3.10. The van der Waals surface area contributed by atoms with Gasteiger partial charge in [-0.15, -0.1) is 0 Å². The molecule has 2 heterocycles. The predicted molar refractivity (Wildman–Crippen MR) is 87.6 cm³/mol. The van der Waals surface area contributed by atoms with Gasteiger partial charge in [0.25, 0.3) is 0 Å². The van der Waals surface area contributed by atoms with Gasteiger partial charge in [-0.25, -0.2) is 19.6 Å². The fourth-order valence-corrected chi connectivity index (χ4v) is 1.92. The summed E-state index contributed by atoms with van der Waals surface area (Å²) in [5, 5.41) is 6.65. The Kier molecular flexibility index (Phi) is 4.57. The van der Waals surface area contributed by atoms with Crippen molar-refractivity contribution in [1.29, 1.82) is 0 Å². The van der Waals surface area contributed by atoms with Gasteiger partial charge in [0.15, 0.2) is 5.82 Å². The molecule has 0 aliphatic heterocycles. The van der Waals surface area contributed by atoms with E-state index >= 15 is 0 Å². The average molecular weight is 322 g/mol. The molecule has 3 aromatic rings. The number of hydrogen-bond acceptors (Lipinski definition) is 6. The van der Waals surface area contributed by atoms with Crippen LogP contribution in [0, 0.1) is 0 Å². The minimum absolute atomic E-state index is 0.297. The first kappa shape index (κ1) is 15.3. The zero-order valence-electron chi connectivity index (χ0n) is 12.8. The smallest absolute Gasteiger partial charge is 0.249 e. The highest BCUT2D eigenvalue weighted by Crippen LogP contribution is 2.12. The second-order valence-corrected chi connectivity index (χ2v) is 4.70. The Morgan fingerprint density at radius 3 is 2.75 bits per heavy atom. The van der Waals surface area contributed by atoms with Crippen molar-refractivity contribution in [2.24, 2.45) is 0 Å². The lowest BCUT2D eigenvalue weighted by Gasteiger charge is -2.03. The van der Waals surface area contributed by atoms with Gasteiger partial charge in [-0.2, -0.15) is 5.10 Å². The van der Waals surface area contributed by atoms with Crippen LogP contribution in [0.4, 0.5) is 5.82 Å². The lowest BCUT2D eigenvalue weighted by atomic mass is 10.2. The maximum absolute atomic E-state index is 12.0. The molecule has 8 heteroatoms. The first-order valence-electron chi connectivity index (χ1n) is 7.05. The van der Waals surface area contributed by atoms with E-state index in [-0.39, 0.29) is 5.91 Å². The normalized spacial score (nSPS) is 10.7. The van der Waals surface area contributed by atoms with Crippen molar-refractivity contribution >= 4 is 17.8 Å². The largest absolute Gasteiger partial charge is 0.497 e. The Balaban J connectivity index is 1.66. The molecular formula is C16H14N6O2. The Hall–Kier alpha value is -3.55. The van der Waals surface area contributed by atoms with Crippen LogP contribution >= 0.6 is 0 Å². The fraction of sp³-hybridized carbons (Fsp3) is 0.0625. The van der Waals surface area contributed by atoms with Gasteiger partial charge in [0.05, 0.1) is 7.11 Å². The number of carbonyl (C=O) groups is 1. The van der Waals surface area contributed by atoms with Gasteiger partial charge in [-0.3, -0.25) is 4.79 Å². The van der Waals surface area contributed by atoms with Crippen LogP contribution in [0.25, 0.3) is 11.9 Å². The van der Waals surface area contributed by atoms with E-state index in [0.717, 1.165) is 11.3 Å². The summed E-state index contributed by atoms with van der Waals surface area (Å²) in [6.45, 7) is 0. The third-order valence-electron chi connectivity index (χ3n) is 3.10. The number of ether oxygens (including phenoxy) is 1. The topological polar surface area (TPSA) is 94.8 Å². The molecule has 0 bridgehead atoms. The van der Waals surface area contributed by atoms with Crippen LogP contribution in [-0.4, -0.2) is 37.7 Å². The van der Waals surface area contributed by atoms with Crippen molar-refractivity contribution in [2.75, 3.05) is 12.4 Å². The number of anilines is 1. The fourth-order valence-electron chi connectivity index (χ4n) is 1.92. The van der Waals surface area contributed by atoms with E-state index in [2.05, 4.69) is 25.4 Å². The number of amides is 1. The van der Waals surface area contributed by atoms with Crippen LogP contribution in [0.1, 0.15) is 5.56 Å². The van der Waals surface area contributed by atoms with Crippen molar-refractivity contribution in [1.82, 2.24) is 24.7 Å². The number of nitrogens with one attached hydrogen (secondary N) is 1. The SMILES string of the molecule is COc1ccc(/C=C/C(=O)Nc2cc(-n3cncn3)ncn2)cc1. The summed E-state index contributed by atoms with van der Waals surface area (Å²) in [5.74, 6) is 1.35. The van der Waals surface area contributed by atoms with E-state index in [1.807, 2.05) is 24.3 Å². The first-order chi connectivity index (χ1) is 11.7. The second kappa shape index (κ2) is 7.14. The molecule has 0 aliphatic carbocycles. The van der Waals surface area contributed by atoms with Crippen LogP contribution in [0.15, 0.2) is 55.4 Å². The van der Waals surface area contributed by atoms with E-state index in [4.69, 9.17) is 4.74 Å². The molecule has 24 heavy (non-hydrogen) atoms. The number of methoxy groups -OCH3 is 1. The molecule has 3 rings (SSSR count). The highest BCUT2D eigenvalue weighted by atomic mass is 16.5. The molecular weight excluding hydrogens is 308 g/mol. The maximum Gasteiger partial charge on any atom is 0.249 e. The third kappa shape index (κ3) is 3.80. The van der Waals surface area contributed by atoms with Gasteiger partial charge in [0.2, 0.25) is 5.91 Å². The molecule has 0 saturated heterocycles. The molecule has 1 amide bonds. The number of rotatable bonds is 5. The lowest BCUT2D eigenvalue weighted by molar-refractivity contribution is -0.111. The standard InChI is InChI=1S/C16H14N6O2/c1-24-13-5-2-12(3-6-13)4-7-16(23)21-14-8-15(19-10-18-14)22-11-17-9-20-22/h2-11H,1H3,(H,18,19,21,23)/b7-4+. The number of hydrogen-bond donors (Lipinski definition) is 1. The Morgan fingerprint density at radius 2 is 2.04 bits per heavy atom. The monoisotopic (exact) mass is 322 g/mol. The van der Waals surface area contributed by atoms with Gasteiger partial charge in [0, 0.05) is 12.1 Å². The van der Waals surface area contributed by atoms with Crippen LogP contribution in [0.5, 0.6) is 5.75 Å². The molecule has 0 spiro atoms. The molecule has 0 saturated carbocycles. The van der Waals surface area contributed by atoms with Gasteiger partial charge in [-0.05, 0) is 23.8 Å². The number of carbonyl (C=O) groups excluding carboxylic acids is 1. The highest BCUT2D eigenvalue weighted by Gasteiger charge is 2.04. The molecule has 0 atom stereocenters. The average Bonchev–Trinajstić information content (AvgIpc) is 3.15. The van der Waals surface area contributed by atoms with Crippen molar-refractivity contribution in [3.8, 4) is 11.6 Å². The first-order valence-corrected chi connectivity index (χ1v) is 7.05. The zero-order valence-corrected chi connectivity index (χ0v) is 12.8. The summed E-state index contributed by atoms with van der Waals surface area (Å²) in [6.07, 6.45) is 7.39. The van der Waals surface area contributed by atoms with E-state index in [1.165, 1.54) is 29.7 Å². The Bertz CT molecular complexity index is 843. The molecule has 0 fully saturated rings. The number of aromatic nitrogens is 5. The van der Waals surface area contributed by atoms with Gasteiger partial charge >= 0.3 is 0 Å². The molecule has 1 N–H and O–H groups in total. The highest BCUT2D eigenvalue weighted by molar-refractivity contribution is 6.01. The minimum atomic E-state index is -0.297.